The molecule has 0 aliphatic heterocycles. The summed E-state index contributed by atoms with van der Waals surface area (Å²) in [6, 6.07) is 0. The molecule has 2 bridgehead atoms. The minimum Gasteiger partial charge on any atom is -0.462 e. The van der Waals surface area contributed by atoms with Gasteiger partial charge in [0.2, 0.25) is 0 Å². The number of ether oxygens (including phenoxy) is 1. The molecule has 4 unspecified atom stereocenters. The third kappa shape index (κ3) is 4.42. The summed E-state index contributed by atoms with van der Waals surface area (Å²) in [5, 5.41) is 0. The van der Waals surface area contributed by atoms with Gasteiger partial charge in [-0.25, -0.2) is 21.6 Å². The number of alkyl halides is 6. The van der Waals surface area contributed by atoms with Crippen LogP contribution in [0.3, 0.4) is 0 Å². The Morgan fingerprint density at radius 1 is 1.03 bits per heavy atom. The van der Waals surface area contributed by atoms with Crippen molar-refractivity contribution < 1.29 is 52.7 Å². The monoisotopic (exact) mass is 472 g/mol. The first-order valence-corrected chi connectivity index (χ1v) is 11.5. The lowest BCUT2D eigenvalue weighted by Gasteiger charge is -2.28. The van der Waals surface area contributed by atoms with Crippen molar-refractivity contribution in [1.29, 1.82) is 0 Å². The molecular formula is C15H18F6O6S2. The van der Waals surface area contributed by atoms with E-state index < -0.39 is 65.4 Å². The van der Waals surface area contributed by atoms with Crippen molar-refractivity contribution in [3.63, 3.8) is 0 Å². The van der Waals surface area contributed by atoms with Crippen molar-refractivity contribution in [3.8, 4) is 0 Å². The summed E-state index contributed by atoms with van der Waals surface area (Å²) in [6.45, 7) is 3.04. The first kappa shape index (κ1) is 24.0. The van der Waals surface area contributed by atoms with E-state index in [4.69, 9.17) is 4.74 Å². The van der Waals surface area contributed by atoms with E-state index >= 15 is 0 Å². The Kier molecular flexibility index (Phi) is 6.40. The van der Waals surface area contributed by atoms with Crippen LogP contribution in [0.2, 0.25) is 0 Å². The van der Waals surface area contributed by atoms with Gasteiger partial charge >= 0.3 is 17.0 Å². The van der Waals surface area contributed by atoms with Crippen LogP contribution in [-0.4, -0.2) is 45.0 Å². The summed E-state index contributed by atoms with van der Waals surface area (Å²) in [5.74, 6) is -2.92. The van der Waals surface area contributed by atoms with Crippen molar-refractivity contribution in [3.05, 3.63) is 12.7 Å². The van der Waals surface area contributed by atoms with Crippen LogP contribution in [-0.2, 0) is 29.2 Å². The normalized spacial score (nSPS) is 28.0. The molecule has 168 valence electrons. The van der Waals surface area contributed by atoms with Gasteiger partial charge in [-0.05, 0) is 49.4 Å². The second-order valence-corrected chi connectivity index (χ2v) is 11.7. The van der Waals surface area contributed by atoms with E-state index in [0.717, 1.165) is 6.08 Å². The number of hydrogen-bond acceptors (Lipinski definition) is 6. The number of fused-ring (bicyclic) bond motifs is 2. The third-order valence-corrected chi connectivity index (χ3v) is 10.2. The number of carbonyl (C=O) groups is 1. The number of rotatable bonds is 7. The fourth-order valence-electron chi connectivity index (χ4n) is 4.36. The maximum atomic E-state index is 12.9. The summed E-state index contributed by atoms with van der Waals surface area (Å²) in [6.07, 6.45) is 0.543. The van der Waals surface area contributed by atoms with Gasteiger partial charge in [-0.15, -0.1) is 0 Å². The second kappa shape index (κ2) is 7.75. The zero-order valence-corrected chi connectivity index (χ0v) is 16.4. The zero-order chi connectivity index (χ0) is 22.4. The van der Waals surface area contributed by atoms with Crippen LogP contribution in [0.15, 0.2) is 12.7 Å². The number of carbonyl (C=O) groups excluding carboxylic acids is 1. The van der Waals surface area contributed by atoms with E-state index in [1.807, 2.05) is 0 Å². The average Bonchev–Trinajstić information content (AvgIpc) is 3.11. The van der Waals surface area contributed by atoms with Gasteiger partial charge in [-0.3, -0.25) is 0 Å². The highest BCUT2D eigenvalue weighted by Gasteiger charge is 2.64. The van der Waals surface area contributed by atoms with Crippen molar-refractivity contribution in [2.24, 2.45) is 23.7 Å². The zero-order valence-electron chi connectivity index (χ0n) is 14.7. The standard InChI is InChI=1S/C15H18F6O6S2/c1-2-12(22)27-7-11-8-3-4-10(11)9(5-8)6-13(28(23,24)14(16,17)18)29(25,26)15(19,20)21/h2,8-11,13H,1,3-7H2. The van der Waals surface area contributed by atoms with E-state index in [-0.39, 0.29) is 18.9 Å². The van der Waals surface area contributed by atoms with Gasteiger partial charge in [0.1, 0.15) is 0 Å². The fourth-order valence-corrected chi connectivity index (χ4v) is 7.95. The van der Waals surface area contributed by atoms with Crippen LogP contribution in [0.5, 0.6) is 0 Å². The van der Waals surface area contributed by atoms with E-state index in [1.54, 1.807) is 0 Å². The minimum atomic E-state index is -6.64. The van der Waals surface area contributed by atoms with Gasteiger partial charge in [-0.2, -0.15) is 26.3 Å². The van der Waals surface area contributed by atoms with Gasteiger partial charge in [0.25, 0.3) is 19.7 Å². The lowest BCUT2D eigenvalue weighted by atomic mass is 9.86. The van der Waals surface area contributed by atoms with E-state index in [0.29, 0.717) is 12.8 Å². The fraction of sp³-hybridized carbons (Fsp3) is 0.800. The molecule has 0 radical (unpaired) electrons. The molecule has 0 N–H and O–H groups in total. The second-order valence-electron chi connectivity index (χ2n) is 7.14. The number of esters is 1. The predicted octanol–water partition coefficient (Wildman–Crippen LogP) is 2.96. The molecule has 14 heteroatoms. The molecule has 0 aromatic heterocycles. The largest absolute Gasteiger partial charge is 0.498 e. The highest BCUT2D eigenvalue weighted by molar-refractivity contribution is 8.09. The van der Waals surface area contributed by atoms with Crippen molar-refractivity contribution in [2.75, 3.05) is 6.61 Å². The van der Waals surface area contributed by atoms with E-state index in [2.05, 4.69) is 6.58 Å². The maximum Gasteiger partial charge on any atom is 0.498 e. The van der Waals surface area contributed by atoms with E-state index in [9.17, 15) is 48.0 Å². The summed E-state index contributed by atoms with van der Waals surface area (Å²) in [7, 11) is -13.3. The molecule has 2 fully saturated rings. The minimum absolute atomic E-state index is 0.0538. The molecule has 0 saturated heterocycles. The molecule has 2 aliphatic rings. The summed E-state index contributed by atoms with van der Waals surface area (Å²) < 4.78 is 125. The molecule has 0 aromatic carbocycles. The molecule has 0 heterocycles. The molecule has 4 atom stereocenters. The molecule has 6 nitrogen and oxygen atoms in total. The van der Waals surface area contributed by atoms with Gasteiger partial charge in [0.15, 0.2) is 4.58 Å². The molecule has 29 heavy (non-hydrogen) atoms. The van der Waals surface area contributed by atoms with Crippen LogP contribution >= 0.6 is 0 Å². The highest BCUT2D eigenvalue weighted by atomic mass is 32.3. The molecule has 2 saturated carbocycles. The lowest BCUT2D eigenvalue weighted by Crippen LogP contribution is -2.46. The van der Waals surface area contributed by atoms with Gasteiger partial charge in [0, 0.05) is 6.08 Å². The third-order valence-electron chi connectivity index (χ3n) is 5.65. The highest BCUT2D eigenvalue weighted by Crippen LogP contribution is 2.55. The van der Waals surface area contributed by atoms with Crippen LogP contribution in [0.25, 0.3) is 0 Å². The molecular weight excluding hydrogens is 454 g/mol. The van der Waals surface area contributed by atoms with Crippen molar-refractivity contribution >= 4 is 25.6 Å². The Morgan fingerprint density at radius 3 is 2.00 bits per heavy atom. The first-order chi connectivity index (χ1) is 13.0. The first-order valence-electron chi connectivity index (χ1n) is 8.43. The molecule has 0 spiro atoms. The lowest BCUT2D eigenvalue weighted by molar-refractivity contribution is -0.139. The number of halogens is 6. The Labute approximate surface area is 163 Å². The predicted molar refractivity (Wildman–Crippen MR) is 87.3 cm³/mol. The van der Waals surface area contributed by atoms with Crippen LogP contribution in [0, 0.1) is 23.7 Å². The Balaban J connectivity index is 2.32. The number of sulfone groups is 2. The molecule has 2 aliphatic carbocycles. The Hall–Kier alpha value is -1.31. The van der Waals surface area contributed by atoms with Gasteiger partial charge in [-0.1, -0.05) is 6.58 Å². The Morgan fingerprint density at radius 2 is 1.55 bits per heavy atom. The van der Waals surface area contributed by atoms with E-state index in [1.165, 1.54) is 0 Å². The topological polar surface area (TPSA) is 94.6 Å². The van der Waals surface area contributed by atoms with Gasteiger partial charge < -0.3 is 4.74 Å². The molecule has 0 amide bonds. The maximum absolute atomic E-state index is 12.9. The van der Waals surface area contributed by atoms with Gasteiger partial charge in [0.05, 0.1) is 6.61 Å². The summed E-state index contributed by atoms with van der Waals surface area (Å²) in [5.41, 5.74) is -12.3. The summed E-state index contributed by atoms with van der Waals surface area (Å²) in [4.78, 5) is 11.2. The quantitative estimate of drug-likeness (QED) is 0.321. The van der Waals surface area contributed by atoms with Crippen LogP contribution in [0.4, 0.5) is 26.3 Å². The smallest absolute Gasteiger partial charge is 0.462 e. The summed E-state index contributed by atoms with van der Waals surface area (Å²) >= 11 is 0. The average molecular weight is 472 g/mol. The van der Waals surface area contributed by atoms with Crippen LogP contribution < -0.4 is 0 Å². The SMILES string of the molecule is C=CC(=O)OCC1C2CCC1C(CC(S(=O)(=O)C(F)(F)F)S(=O)(=O)C(F)(F)F)C2. The number of hydrogen-bond donors (Lipinski definition) is 0. The van der Waals surface area contributed by atoms with Crippen molar-refractivity contribution in [1.82, 2.24) is 0 Å². The molecule has 0 aromatic rings. The molecule has 2 rings (SSSR count). The Bertz CT molecular complexity index is 817. The van der Waals surface area contributed by atoms with Crippen molar-refractivity contribution in [2.45, 2.75) is 41.3 Å². The van der Waals surface area contributed by atoms with Crippen LogP contribution in [0.1, 0.15) is 25.7 Å².